The van der Waals surface area contributed by atoms with Crippen molar-refractivity contribution in [1.82, 2.24) is 25.1 Å². The first kappa shape index (κ1) is 21.5. The van der Waals surface area contributed by atoms with E-state index in [1.807, 2.05) is 33.8 Å². The lowest BCUT2D eigenvalue weighted by Gasteiger charge is -2.37. The highest BCUT2D eigenvalue weighted by Gasteiger charge is 2.32. The van der Waals surface area contributed by atoms with Crippen LogP contribution in [0.3, 0.4) is 0 Å². The SMILES string of the molecule is Cc1cc(C)nc(-n2nc(C)c(CC(=O)N[C@@H]3C[C@H](C)CC[C@H]3C(C)C)c2C)n1. The summed E-state index contributed by atoms with van der Waals surface area (Å²) in [4.78, 5) is 22.0. The summed E-state index contributed by atoms with van der Waals surface area (Å²) in [5.41, 5.74) is 4.57. The van der Waals surface area contributed by atoms with Crippen LogP contribution in [0.15, 0.2) is 6.07 Å². The Morgan fingerprint density at radius 1 is 1.17 bits per heavy atom. The van der Waals surface area contributed by atoms with E-state index < -0.39 is 0 Å². The molecular weight excluding hydrogens is 362 g/mol. The summed E-state index contributed by atoms with van der Waals surface area (Å²) in [5.74, 6) is 2.46. The predicted molar refractivity (Wildman–Crippen MR) is 115 cm³/mol. The van der Waals surface area contributed by atoms with E-state index in [0.29, 0.717) is 30.1 Å². The van der Waals surface area contributed by atoms with Crippen LogP contribution in [0.25, 0.3) is 5.95 Å². The molecule has 6 nitrogen and oxygen atoms in total. The van der Waals surface area contributed by atoms with Crippen molar-refractivity contribution in [3.05, 3.63) is 34.4 Å². The fourth-order valence-corrected chi connectivity index (χ4v) is 4.71. The number of aromatic nitrogens is 4. The average molecular weight is 398 g/mol. The molecular formula is C23H35N5O. The molecule has 2 aromatic heterocycles. The first-order chi connectivity index (χ1) is 13.7. The van der Waals surface area contributed by atoms with Crippen LogP contribution in [0.2, 0.25) is 0 Å². The van der Waals surface area contributed by atoms with E-state index >= 15 is 0 Å². The molecule has 29 heavy (non-hydrogen) atoms. The first-order valence-corrected chi connectivity index (χ1v) is 10.8. The summed E-state index contributed by atoms with van der Waals surface area (Å²) >= 11 is 0. The molecule has 1 fully saturated rings. The Balaban J connectivity index is 1.78. The number of nitrogens with one attached hydrogen (secondary N) is 1. The van der Waals surface area contributed by atoms with Gasteiger partial charge in [-0.3, -0.25) is 4.79 Å². The number of amides is 1. The van der Waals surface area contributed by atoms with Crippen LogP contribution < -0.4 is 5.32 Å². The smallest absolute Gasteiger partial charge is 0.251 e. The number of rotatable bonds is 5. The van der Waals surface area contributed by atoms with Gasteiger partial charge in [-0.05, 0) is 64.4 Å². The number of hydrogen-bond donors (Lipinski definition) is 1. The molecule has 0 aromatic carbocycles. The zero-order chi connectivity index (χ0) is 21.3. The van der Waals surface area contributed by atoms with Gasteiger partial charge in [0.15, 0.2) is 0 Å². The van der Waals surface area contributed by atoms with Crippen LogP contribution in [0.1, 0.15) is 68.4 Å². The van der Waals surface area contributed by atoms with Gasteiger partial charge in [0.05, 0.1) is 12.1 Å². The van der Waals surface area contributed by atoms with Gasteiger partial charge in [0.2, 0.25) is 5.91 Å². The van der Waals surface area contributed by atoms with Crippen molar-refractivity contribution in [2.75, 3.05) is 0 Å². The lowest BCUT2D eigenvalue weighted by Crippen LogP contribution is -2.46. The summed E-state index contributed by atoms with van der Waals surface area (Å²) in [5, 5.41) is 7.97. The molecule has 1 aliphatic carbocycles. The molecule has 0 saturated heterocycles. The van der Waals surface area contributed by atoms with Crippen molar-refractivity contribution in [3.63, 3.8) is 0 Å². The Bertz CT molecular complexity index is 865. The lowest BCUT2D eigenvalue weighted by atomic mass is 9.74. The van der Waals surface area contributed by atoms with Crippen LogP contribution in [-0.2, 0) is 11.2 Å². The molecule has 158 valence electrons. The van der Waals surface area contributed by atoms with Crippen molar-refractivity contribution in [3.8, 4) is 5.95 Å². The minimum absolute atomic E-state index is 0.0850. The Kier molecular flexibility index (Phi) is 6.39. The van der Waals surface area contributed by atoms with Gasteiger partial charge in [-0.25, -0.2) is 14.6 Å². The molecule has 0 unspecified atom stereocenters. The molecule has 0 radical (unpaired) electrons. The fraction of sp³-hybridized carbons (Fsp3) is 0.652. The van der Waals surface area contributed by atoms with E-state index in [1.165, 1.54) is 12.8 Å². The molecule has 0 bridgehead atoms. The molecule has 1 N–H and O–H groups in total. The van der Waals surface area contributed by atoms with Crippen molar-refractivity contribution in [2.24, 2.45) is 17.8 Å². The molecule has 3 rings (SSSR count). The van der Waals surface area contributed by atoms with Gasteiger partial charge in [-0.1, -0.05) is 27.2 Å². The number of aryl methyl sites for hydroxylation is 3. The molecule has 1 amide bonds. The standard InChI is InChI=1S/C23H35N5O/c1-13(2)19-9-8-14(3)10-21(19)26-22(29)12-20-17(6)27-28(18(20)7)23-24-15(4)11-16(5)25-23/h11,13-14,19,21H,8-10,12H2,1-7H3,(H,26,29)/t14-,19+,21-/m1/s1. The third-order valence-corrected chi connectivity index (χ3v) is 6.31. The summed E-state index contributed by atoms with van der Waals surface area (Å²) in [6.07, 6.45) is 3.88. The Hall–Kier alpha value is -2.24. The molecule has 2 aromatic rings. The van der Waals surface area contributed by atoms with Crippen LogP contribution in [0.4, 0.5) is 0 Å². The first-order valence-electron chi connectivity index (χ1n) is 10.8. The van der Waals surface area contributed by atoms with Gasteiger partial charge >= 0.3 is 0 Å². The zero-order valence-electron chi connectivity index (χ0n) is 18.9. The monoisotopic (exact) mass is 397 g/mol. The number of hydrogen-bond acceptors (Lipinski definition) is 4. The molecule has 0 spiro atoms. The second-order valence-corrected chi connectivity index (χ2v) is 9.19. The quantitative estimate of drug-likeness (QED) is 0.827. The van der Waals surface area contributed by atoms with E-state index in [4.69, 9.17) is 0 Å². The van der Waals surface area contributed by atoms with E-state index in [1.54, 1.807) is 4.68 Å². The molecule has 1 aliphatic rings. The van der Waals surface area contributed by atoms with E-state index in [0.717, 1.165) is 34.8 Å². The Morgan fingerprint density at radius 2 is 1.83 bits per heavy atom. The van der Waals surface area contributed by atoms with E-state index in [9.17, 15) is 4.79 Å². The second kappa shape index (κ2) is 8.64. The van der Waals surface area contributed by atoms with Gasteiger partial charge in [0.25, 0.3) is 5.95 Å². The Labute approximate surface area is 174 Å². The summed E-state index contributed by atoms with van der Waals surface area (Å²) in [7, 11) is 0. The van der Waals surface area contributed by atoms with E-state index in [2.05, 4.69) is 41.2 Å². The highest BCUT2D eigenvalue weighted by molar-refractivity contribution is 5.79. The van der Waals surface area contributed by atoms with Crippen molar-refractivity contribution in [1.29, 1.82) is 0 Å². The maximum Gasteiger partial charge on any atom is 0.251 e. The molecule has 1 saturated carbocycles. The minimum atomic E-state index is 0.0850. The predicted octanol–water partition coefficient (Wildman–Crippen LogP) is 4.02. The van der Waals surface area contributed by atoms with Crippen LogP contribution in [-0.4, -0.2) is 31.7 Å². The summed E-state index contributed by atoms with van der Waals surface area (Å²) < 4.78 is 1.76. The van der Waals surface area contributed by atoms with Gasteiger partial charge in [-0.2, -0.15) is 5.10 Å². The maximum atomic E-state index is 12.9. The number of carbonyl (C=O) groups excluding carboxylic acids is 1. The van der Waals surface area contributed by atoms with Gasteiger partial charge in [0, 0.05) is 28.7 Å². The maximum absolute atomic E-state index is 12.9. The van der Waals surface area contributed by atoms with Crippen LogP contribution in [0, 0.1) is 45.4 Å². The van der Waals surface area contributed by atoms with Gasteiger partial charge in [-0.15, -0.1) is 0 Å². The topological polar surface area (TPSA) is 72.7 Å². The summed E-state index contributed by atoms with van der Waals surface area (Å²) in [6.45, 7) is 14.7. The third kappa shape index (κ3) is 4.85. The molecule has 0 aliphatic heterocycles. The number of nitrogens with zero attached hydrogens (tertiary/aromatic N) is 4. The van der Waals surface area contributed by atoms with Crippen LogP contribution in [0.5, 0.6) is 0 Å². The zero-order valence-corrected chi connectivity index (χ0v) is 18.9. The largest absolute Gasteiger partial charge is 0.353 e. The number of carbonyl (C=O) groups is 1. The molecule has 2 heterocycles. The van der Waals surface area contributed by atoms with Crippen molar-refractivity contribution < 1.29 is 4.79 Å². The van der Waals surface area contributed by atoms with Gasteiger partial charge in [0.1, 0.15) is 0 Å². The highest BCUT2D eigenvalue weighted by Crippen LogP contribution is 2.33. The van der Waals surface area contributed by atoms with Crippen molar-refractivity contribution >= 4 is 5.91 Å². The van der Waals surface area contributed by atoms with E-state index in [-0.39, 0.29) is 11.9 Å². The average Bonchev–Trinajstić information content (AvgIpc) is 2.89. The lowest BCUT2D eigenvalue weighted by molar-refractivity contribution is -0.122. The highest BCUT2D eigenvalue weighted by atomic mass is 16.1. The second-order valence-electron chi connectivity index (χ2n) is 9.19. The van der Waals surface area contributed by atoms with Crippen LogP contribution >= 0.6 is 0 Å². The molecule has 6 heteroatoms. The molecule has 3 atom stereocenters. The van der Waals surface area contributed by atoms with Gasteiger partial charge < -0.3 is 5.32 Å². The van der Waals surface area contributed by atoms with Crippen molar-refractivity contribution in [2.45, 2.75) is 80.2 Å². The fourth-order valence-electron chi connectivity index (χ4n) is 4.71. The third-order valence-electron chi connectivity index (χ3n) is 6.31. The minimum Gasteiger partial charge on any atom is -0.353 e. The summed E-state index contributed by atoms with van der Waals surface area (Å²) in [6, 6.07) is 2.21. The normalized spacial score (nSPS) is 22.1. The Morgan fingerprint density at radius 3 is 2.45 bits per heavy atom.